The fourth-order valence-electron chi connectivity index (χ4n) is 5.51. The molecule has 0 heterocycles. The van der Waals surface area contributed by atoms with E-state index in [1.165, 1.54) is 69.8 Å². The minimum Gasteiger partial charge on any atom is -0.305 e. The Morgan fingerprint density at radius 1 is 0.800 bits per heavy atom. The van der Waals surface area contributed by atoms with Gasteiger partial charge in [-0.1, -0.05) is 70.4 Å². The van der Waals surface area contributed by atoms with Crippen molar-refractivity contribution >= 4 is 0 Å². The van der Waals surface area contributed by atoms with Crippen LogP contribution in [-0.2, 0) is 0 Å². The van der Waals surface area contributed by atoms with E-state index in [1.54, 1.807) is 25.7 Å². The Morgan fingerprint density at radius 3 is 1.80 bits per heavy atom. The summed E-state index contributed by atoms with van der Waals surface area (Å²) in [5, 5.41) is 0. The van der Waals surface area contributed by atoms with Crippen molar-refractivity contribution in [2.45, 2.75) is 96.8 Å². The van der Waals surface area contributed by atoms with Crippen molar-refractivity contribution in [2.75, 3.05) is 20.6 Å². The van der Waals surface area contributed by atoms with Crippen LogP contribution in [0.25, 0.3) is 0 Å². The summed E-state index contributed by atoms with van der Waals surface area (Å²) in [6.07, 6.45) is 20.7. The minimum atomic E-state index is 0.987. The van der Waals surface area contributed by atoms with E-state index in [1.807, 2.05) is 0 Å². The van der Waals surface area contributed by atoms with E-state index in [2.05, 4.69) is 32.5 Å². The lowest BCUT2D eigenvalue weighted by Gasteiger charge is -2.38. The minimum absolute atomic E-state index is 0.987. The molecule has 0 bridgehead atoms. The van der Waals surface area contributed by atoms with Crippen molar-refractivity contribution in [1.82, 2.24) is 4.90 Å². The average Bonchev–Trinajstić information content (AvgIpc) is 2.61. The van der Waals surface area contributed by atoms with Crippen molar-refractivity contribution in [2.24, 2.45) is 23.7 Å². The van der Waals surface area contributed by atoms with E-state index in [4.69, 9.17) is 0 Å². The van der Waals surface area contributed by atoms with Crippen LogP contribution in [0.4, 0.5) is 0 Å². The first-order chi connectivity index (χ1) is 12.1. The number of unbranched alkanes of at least 4 members (excludes halogenated alkanes) is 2. The summed E-state index contributed by atoms with van der Waals surface area (Å²) in [5.41, 5.74) is 1.42. The molecule has 1 heteroatoms. The summed E-state index contributed by atoms with van der Waals surface area (Å²) in [6, 6.07) is 0. The second kappa shape index (κ2) is 11.4. The van der Waals surface area contributed by atoms with Crippen molar-refractivity contribution in [3.8, 4) is 0 Å². The van der Waals surface area contributed by atoms with Gasteiger partial charge in [0.05, 0.1) is 0 Å². The molecule has 146 valence electrons. The Bertz CT molecular complexity index is 356. The molecule has 0 saturated heterocycles. The third kappa shape index (κ3) is 7.85. The van der Waals surface area contributed by atoms with Crippen LogP contribution in [0.1, 0.15) is 96.8 Å². The number of nitrogens with zero attached hydrogens (tertiary/aromatic N) is 1. The SMILES string of the molecule is C=C(CCC1CCC(C2CCC(CCCCC)CC2)CC1)CN(C)C. The van der Waals surface area contributed by atoms with E-state index in [-0.39, 0.29) is 0 Å². The Hall–Kier alpha value is -0.300. The predicted molar refractivity (Wildman–Crippen MR) is 112 cm³/mol. The van der Waals surface area contributed by atoms with Gasteiger partial charge in [0.15, 0.2) is 0 Å². The topological polar surface area (TPSA) is 3.24 Å². The van der Waals surface area contributed by atoms with Gasteiger partial charge in [-0.05, 0) is 76.3 Å². The van der Waals surface area contributed by atoms with E-state index in [0.717, 1.165) is 30.2 Å². The molecule has 2 saturated carbocycles. The van der Waals surface area contributed by atoms with E-state index < -0.39 is 0 Å². The lowest BCUT2D eigenvalue weighted by atomic mass is 9.68. The quantitative estimate of drug-likeness (QED) is 0.301. The molecule has 0 unspecified atom stereocenters. The highest BCUT2D eigenvalue weighted by molar-refractivity contribution is 4.97. The first-order valence-corrected chi connectivity index (χ1v) is 11.4. The second-order valence-corrected chi connectivity index (χ2v) is 9.58. The molecule has 0 N–H and O–H groups in total. The van der Waals surface area contributed by atoms with Gasteiger partial charge in [-0.15, -0.1) is 0 Å². The molecule has 2 aliphatic carbocycles. The fourth-order valence-corrected chi connectivity index (χ4v) is 5.51. The third-order valence-electron chi connectivity index (χ3n) is 7.11. The Kier molecular flexibility index (Phi) is 9.60. The molecule has 0 spiro atoms. The highest BCUT2D eigenvalue weighted by Crippen LogP contribution is 2.43. The van der Waals surface area contributed by atoms with Crippen LogP contribution in [-0.4, -0.2) is 25.5 Å². The molecular formula is C24H45N. The predicted octanol–water partition coefficient (Wildman–Crippen LogP) is 7.08. The summed E-state index contributed by atoms with van der Waals surface area (Å²) < 4.78 is 0. The molecule has 0 aromatic carbocycles. The van der Waals surface area contributed by atoms with Crippen LogP contribution in [0.15, 0.2) is 12.2 Å². The molecule has 0 radical (unpaired) electrons. The molecule has 0 aromatic heterocycles. The molecule has 0 aromatic rings. The van der Waals surface area contributed by atoms with Crippen LogP contribution in [0, 0.1) is 23.7 Å². The van der Waals surface area contributed by atoms with Crippen molar-refractivity contribution in [1.29, 1.82) is 0 Å². The summed E-state index contributed by atoms with van der Waals surface area (Å²) >= 11 is 0. The van der Waals surface area contributed by atoms with E-state index in [9.17, 15) is 0 Å². The standard InChI is InChI=1S/C24H45N/c1-5-6-7-8-21-11-15-23(16-12-21)24-17-13-22(14-18-24)10-9-20(2)19-25(3)4/h21-24H,2,5-19H2,1,3-4H3. The van der Waals surface area contributed by atoms with Gasteiger partial charge in [0.2, 0.25) is 0 Å². The highest BCUT2D eigenvalue weighted by atomic mass is 15.0. The molecule has 0 atom stereocenters. The molecule has 25 heavy (non-hydrogen) atoms. The Labute approximate surface area is 158 Å². The van der Waals surface area contributed by atoms with Crippen LogP contribution in [0.3, 0.4) is 0 Å². The van der Waals surface area contributed by atoms with Crippen LogP contribution in [0.5, 0.6) is 0 Å². The zero-order valence-electron chi connectivity index (χ0n) is 17.6. The van der Waals surface area contributed by atoms with Crippen molar-refractivity contribution in [3.63, 3.8) is 0 Å². The van der Waals surface area contributed by atoms with Gasteiger partial charge in [0.1, 0.15) is 0 Å². The molecular weight excluding hydrogens is 302 g/mol. The van der Waals surface area contributed by atoms with E-state index in [0.29, 0.717) is 0 Å². The van der Waals surface area contributed by atoms with Crippen LogP contribution < -0.4 is 0 Å². The number of rotatable bonds is 10. The monoisotopic (exact) mass is 347 g/mol. The van der Waals surface area contributed by atoms with Gasteiger partial charge in [0.25, 0.3) is 0 Å². The van der Waals surface area contributed by atoms with Gasteiger partial charge in [-0.2, -0.15) is 0 Å². The Balaban J connectivity index is 1.58. The second-order valence-electron chi connectivity index (χ2n) is 9.58. The van der Waals surface area contributed by atoms with Gasteiger partial charge in [0, 0.05) is 6.54 Å². The molecule has 2 aliphatic rings. The fraction of sp³-hybridized carbons (Fsp3) is 0.917. The van der Waals surface area contributed by atoms with Gasteiger partial charge in [-0.25, -0.2) is 0 Å². The zero-order valence-corrected chi connectivity index (χ0v) is 17.6. The lowest BCUT2D eigenvalue weighted by Crippen LogP contribution is -2.26. The summed E-state index contributed by atoms with van der Waals surface area (Å²) in [6.45, 7) is 7.65. The molecule has 1 nitrogen and oxygen atoms in total. The summed E-state index contributed by atoms with van der Waals surface area (Å²) in [4.78, 5) is 2.25. The highest BCUT2D eigenvalue weighted by Gasteiger charge is 2.30. The Morgan fingerprint density at radius 2 is 1.32 bits per heavy atom. The van der Waals surface area contributed by atoms with Crippen LogP contribution in [0.2, 0.25) is 0 Å². The lowest BCUT2D eigenvalue weighted by molar-refractivity contribution is 0.140. The molecule has 2 fully saturated rings. The smallest absolute Gasteiger partial charge is 0.0184 e. The number of hydrogen-bond acceptors (Lipinski definition) is 1. The normalized spacial score (nSPS) is 30.6. The van der Waals surface area contributed by atoms with Gasteiger partial charge in [-0.3, -0.25) is 0 Å². The van der Waals surface area contributed by atoms with E-state index >= 15 is 0 Å². The zero-order chi connectivity index (χ0) is 18.1. The maximum Gasteiger partial charge on any atom is 0.0184 e. The first-order valence-electron chi connectivity index (χ1n) is 11.4. The summed E-state index contributed by atoms with van der Waals surface area (Å²) in [5.74, 6) is 4.20. The number of hydrogen-bond donors (Lipinski definition) is 0. The maximum absolute atomic E-state index is 4.26. The maximum atomic E-state index is 4.26. The molecule has 0 amide bonds. The van der Waals surface area contributed by atoms with Crippen molar-refractivity contribution in [3.05, 3.63) is 12.2 Å². The van der Waals surface area contributed by atoms with Crippen molar-refractivity contribution < 1.29 is 0 Å². The van der Waals surface area contributed by atoms with Crippen LogP contribution >= 0.6 is 0 Å². The third-order valence-corrected chi connectivity index (χ3v) is 7.11. The summed E-state index contributed by atoms with van der Waals surface area (Å²) in [7, 11) is 4.30. The largest absolute Gasteiger partial charge is 0.305 e. The molecule has 2 rings (SSSR count). The van der Waals surface area contributed by atoms with Gasteiger partial charge < -0.3 is 4.90 Å². The first kappa shape index (κ1) is 21.0. The van der Waals surface area contributed by atoms with Gasteiger partial charge >= 0.3 is 0 Å². The molecule has 0 aliphatic heterocycles. The number of likely N-dealkylation sites (N-methyl/N-ethyl adjacent to an activating group) is 1. The average molecular weight is 348 g/mol.